The Morgan fingerprint density at radius 2 is 2.00 bits per heavy atom. The lowest BCUT2D eigenvalue weighted by Gasteiger charge is -2.22. The van der Waals surface area contributed by atoms with Crippen LogP contribution in [0.25, 0.3) is 28.0 Å². The average molecular weight is 404 g/mol. The van der Waals surface area contributed by atoms with E-state index in [1.165, 1.54) is 0 Å². The van der Waals surface area contributed by atoms with E-state index in [0.29, 0.717) is 22.6 Å². The standard InChI is InChI=1S/C22H24N6O2/c1-3-26-7-4-8-27(10-9-26)19-6-5-16-11-17(22(29)30-21(16)25-19)18-14-28-13-15(2)23-12-20(28)24-18/h5-6,11-14H,3-4,7-10H2,1-2H3. The van der Waals surface area contributed by atoms with E-state index in [2.05, 4.69) is 31.7 Å². The number of pyridine rings is 1. The van der Waals surface area contributed by atoms with Crippen LogP contribution in [-0.4, -0.2) is 57.0 Å². The molecule has 0 unspecified atom stereocenters. The summed E-state index contributed by atoms with van der Waals surface area (Å²) in [6.45, 7) is 9.16. The zero-order valence-corrected chi connectivity index (χ0v) is 17.2. The highest BCUT2D eigenvalue weighted by molar-refractivity contribution is 5.80. The first-order valence-corrected chi connectivity index (χ1v) is 10.3. The molecule has 0 bridgehead atoms. The minimum Gasteiger partial charge on any atom is -0.403 e. The molecule has 30 heavy (non-hydrogen) atoms. The molecule has 0 radical (unpaired) electrons. The molecule has 4 aromatic heterocycles. The minimum atomic E-state index is -0.437. The fourth-order valence-corrected chi connectivity index (χ4v) is 3.99. The maximum absolute atomic E-state index is 12.7. The van der Waals surface area contributed by atoms with Gasteiger partial charge in [0.15, 0.2) is 5.65 Å². The van der Waals surface area contributed by atoms with Crippen molar-refractivity contribution in [1.82, 2.24) is 24.3 Å². The minimum absolute atomic E-state index is 0.360. The Bertz CT molecular complexity index is 1280. The third-order valence-corrected chi connectivity index (χ3v) is 5.69. The summed E-state index contributed by atoms with van der Waals surface area (Å²) >= 11 is 0. The molecule has 0 spiro atoms. The van der Waals surface area contributed by atoms with Crippen LogP contribution in [0.2, 0.25) is 0 Å². The number of imidazole rings is 1. The van der Waals surface area contributed by atoms with Crippen molar-refractivity contribution in [2.45, 2.75) is 20.3 Å². The van der Waals surface area contributed by atoms with E-state index >= 15 is 0 Å². The van der Waals surface area contributed by atoms with Crippen LogP contribution in [0, 0.1) is 6.92 Å². The highest BCUT2D eigenvalue weighted by Gasteiger charge is 2.17. The summed E-state index contributed by atoms with van der Waals surface area (Å²) < 4.78 is 7.47. The molecule has 0 N–H and O–H groups in total. The number of aryl methyl sites for hydroxylation is 1. The van der Waals surface area contributed by atoms with Crippen LogP contribution in [0.15, 0.2) is 46.0 Å². The predicted molar refractivity (Wildman–Crippen MR) is 116 cm³/mol. The van der Waals surface area contributed by atoms with E-state index in [9.17, 15) is 4.79 Å². The van der Waals surface area contributed by atoms with Crippen molar-refractivity contribution in [3.63, 3.8) is 0 Å². The van der Waals surface area contributed by atoms with Gasteiger partial charge in [-0.1, -0.05) is 6.92 Å². The Labute approximate surface area is 173 Å². The number of anilines is 1. The molecule has 1 aliphatic rings. The molecule has 0 amide bonds. The quantitative estimate of drug-likeness (QED) is 0.519. The van der Waals surface area contributed by atoms with Gasteiger partial charge in [0.1, 0.15) is 5.82 Å². The molecular formula is C22H24N6O2. The van der Waals surface area contributed by atoms with Gasteiger partial charge in [-0.15, -0.1) is 0 Å². The van der Waals surface area contributed by atoms with E-state index in [4.69, 9.17) is 4.42 Å². The third-order valence-electron chi connectivity index (χ3n) is 5.69. The summed E-state index contributed by atoms with van der Waals surface area (Å²) in [5.74, 6) is 0.852. The molecule has 0 atom stereocenters. The van der Waals surface area contributed by atoms with E-state index in [1.54, 1.807) is 12.3 Å². The van der Waals surface area contributed by atoms with Gasteiger partial charge in [-0.05, 0) is 44.6 Å². The van der Waals surface area contributed by atoms with Crippen LogP contribution in [0.4, 0.5) is 5.82 Å². The Balaban J connectivity index is 1.50. The summed E-state index contributed by atoms with van der Waals surface area (Å²) in [6, 6.07) is 5.78. The number of nitrogens with zero attached hydrogens (tertiary/aromatic N) is 6. The first-order valence-electron chi connectivity index (χ1n) is 10.3. The van der Waals surface area contributed by atoms with Gasteiger partial charge >= 0.3 is 5.63 Å². The van der Waals surface area contributed by atoms with Crippen molar-refractivity contribution >= 4 is 22.6 Å². The predicted octanol–water partition coefficient (Wildman–Crippen LogP) is 2.74. The highest BCUT2D eigenvalue weighted by Crippen LogP contribution is 2.23. The molecule has 0 saturated carbocycles. The Kier molecular flexibility index (Phi) is 4.71. The summed E-state index contributed by atoms with van der Waals surface area (Å²) in [4.78, 5) is 30.8. The van der Waals surface area contributed by atoms with Crippen molar-refractivity contribution in [1.29, 1.82) is 0 Å². The summed E-state index contributed by atoms with van der Waals surface area (Å²) in [6.07, 6.45) is 6.48. The van der Waals surface area contributed by atoms with Gasteiger partial charge in [0, 0.05) is 37.4 Å². The molecular weight excluding hydrogens is 380 g/mol. The lowest BCUT2D eigenvalue weighted by molar-refractivity contribution is 0.310. The second-order valence-electron chi connectivity index (χ2n) is 7.71. The van der Waals surface area contributed by atoms with Crippen molar-refractivity contribution < 1.29 is 4.42 Å². The molecule has 5 rings (SSSR count). The average Bonchev–Trinajstić information content (AvgIpc) is 3.00. The topological polar surface area (TPSA) is 79.8 Å². The van der Waals surface area contributed by atoms with Gasteiger partial charge in [-0.25, -0.2) is 9.78 Å². The smallest absolute Gasteiger partial charge is 0.347 e. The second kappa shape index (κ2) is 7.53. The number of aromatic nitrogens is 4. The molecule has 1 saturated heterocycles. The van der Waals surface area contributed by atoms with Crippen molar-refractivity contribution in [2.24, 2.45) is 0 Å². The van der Waals surface area contributed by atoms with Gasteiger partial charge in [0.2, 0.25) is 5.71 Å². The van der Waals surface area contributed by atoms with Crippen LogP contribution < -0.4 is 10.5 Å². The van der Waals surface area contributed by atoms with E-state index in [1.807, 2.05) is 35.9 Å². The molecule has 4 aromatic rings. The summed E-state index contributed by atoms with van der Waals surface area (Å²) in [5.41, 5.74) is 2.48. The first-order chi connectivity index (χ1) is 14.6. The zero-order valence-electron chi connectivity index (χ0n) is 17.2. The van der Waals surface area contributed by atoms with Crippen LogP contribution in [0.3, 0.4) is 0 Å². The second-order valence-corrected chi connectivity index (χ2v) is 7.71. The maximum atomic E-state index is 12.7. The van der Waals surface area contributed by atoms with Crippen molar-refractivity contribution in [2.75, 3.05) is 37.6 Å². The third kappa shape index (κ3) is 3.43. The molecule has 154 valence electrons. The molecule has 8 heteroatoms. The Morgan fingerprint density at radius 3 is 2.87 bits per heavy atom. The van der Waals surface area contributed by atoms with Gasteiger partial charge in [-0.3, -0.25) is 4.98 Å². The molecule has 8 nitrogen and oxygen atoms in total. The van der Waals surface area contributed by atoms with Crippen LogP contribution in [0.1, 0.15) is 19.0 Å². The molecule has 0 aliphatic carbocycles. The molecule has 1 fully saturated rings. The van der Waals surface area contributed by atoms with Gasteiger partial charge in [-0.2, -0.15) is 4.98 Å². The highest BCUT2D eigenvalue weighted by atomic mass is 16.4. The van der Waals surface area contributed by atoms with E-state index < -0.39 is 5.63 Å². The van der Waals surface area contributed by atoms with Gasteiger partial charge in [0.25, 0.3) is 0 Å². The zero-order chi connectivity index (χ0) is 20.7. The SMILES string of the molecule is CCN1CCCN(c2ccc3cc(-c4cn5cc(C)ncc5n4)c(=O)oc3n2)CC1. The van der Waals surface area contributed by atoms with Crippen LogP contribution in [-0.2, 0) is 0 Å². The fraction of sp³-hybridized carbons (Fsp3) is 0.364. The summed E-state index contributed by atoms with van der Waals surface area (Å²) in [5, 5.41) is 0.782. The lowest BCUT2D eigenvalue weighted by atomic mass is 10.2. The Hall–Kier alpha value is -3.26. The largest absolute Gasteiger partial charge is 0.403 e. The monoisotopic (exact) mass is 404 g/mol. The van der Waals surface area contributed by atoms with Crippen molar-refractivity contribution in [3.8, 4) is 11.3 Å². The normalized spacial score (nSPS) is 15.7. The number of rotatable bonds is 3. The van der Waals surface area contributed by atoms with Crippen molar-refractivity contribution in [3.05, 3.63) is 52.9 Å². The number of likely N-dealkylation sites (N-methyl/N-ethyl adjacent to an activating group) is 1. The molecule has 0 aromatic carbocycles. The summed E-state index contributed by atoms with van der Waals surface area (Å²) in [7, 11) is 0. The van der Waals surface area contributed by atoms with Crippen LogP contribution >= 0.6 is 0 Å². The fourth-order valence-electron chi connectivity index (χ4n) is 3.99. The lowest BCUT2D eigenvalue weighted by Crippen LogP contribution is -2.31. The van der Waals surface area contributed by atoms with E-state index in [0.717, 1.165) is 56.0 Å². The van der Waals surface area contributed by atoms with Crippen LogP contribution in [0.5, 0.6) is 0 Å². The van der Waals surface area contributed by atoms with Gasteiger partial charge in [0.05, 0.1) is 23.1 Å². The molecule has 1 aliphatic heterocycles. The van der Waals surface area contributed by atoms with Gasteiger partial charge < -0.3 is 18.6 Å². The number of hydrogen-bond donors (Lipinski definition) is 0. The number of fused-ring (bicyclic) bond motifs is 2. The first kappa shape index (κ1) is 18.7. The van der Waals surface area contributed by atoms with E-state index in [-0.39, 0.29) is 0 Å². The maximum Gasteiger partial charge on any atom is 0.347 e. The molecule has 5 heterocycles. The number of hydrogen-bond acceptors (Lipinski definition) is 7. The Morgan fingerprint density at radius 1 is 1.10 bits per heavy atom.